The lowest BCUT2D eigenvalue weighted by Gasteiger charge is -2.40. The van der Waals surface area contributed by atoms with E-state index in [-0.39, 0.29) is 5.54 Å². The quantitative estimate of drug-likeness (QED) is 0.705. The SMILES string of the molecule is COCCN(CCC1(N)CCC1)C(C)C1CC1. The van der Waals surface area contributed by atoms with Gasteiger partial charge in [-0.1, -0.05) is 0 Å². The van der Waals surface area contributed by atoms with E-state index >= 15 is 0 Å². The molecule has 0 bridgehead atoms. The molecule has 0 amide bonds. The fraction of sp³-hybridized carbons (Fsp3) is 1.00. The van der Waals surface area contributed by atoms with Crippen molar-refractivity contribution in [3.05, 3.63) is 0 Å². The van der Waals surface area contributed by atoms with Crippen molar-refractivity contribution in [1.29, 1.82) is 0 Å². The lowest BCUT2D eigenvalue weighted by Crippen LogP contribution is -2.50. The molecule has 17 heavy (non-hydrogen) atoms. The summed E-state index contributed by atoms with van der Waals surface area (Å²) < 4.78 is 5.22. The highest BCUT2D eigenvalue weighted by atomic mass is 16.5. The summed E-state index contributed by atoms with van der Waals surface area (Å²) in [7, 11) is 1.79. The first-order valence-electron chi connectivity index (χ1n) is 7.16. The molecule has 100 valence electrons. The van der Waals surface area contributed by atoms with E-state index in [0.717, 1.165) is 32.0 Å². The number of ether oxygens (including phenoxy) is 1. The maximum atomic E-state index is 6.31. The topological polar surface area (TPSA) is 38.5 Å². The molecule has 0 spiro atoms. The molecule has 2 fully saturated rings. The molecule has 2 rings (SSSR count). The molecule has 3 heteroatoms. The van der Waals surface area contributed by atoms with Gasteiger partial charge < -0.3 is 10.5 Å². The third-order valence-electron chi connectivity index (χ3n) is 4.71. The number of nitrogens with two attached hydrogens (primary N) is 1. The molecule has 2 aliphatic carbocycles. The van der Waals surface area contributed by atoms with Crippen LogP contribution in [-0.2, 0) is 4.74 Å². The molecule has 2 N–H and O–H groups in total. The van der Waals surface area contributed by atoms with Crippen molar-refractivity contribution in [3.8, 4) is 0 Å². The summed E-state index contributed by atoms with van der Waals surface area (Å²) in [5, 5.41) is 0. The molecule has 1 unspecified atom stereocenters. The van der Waals surface area contributed by atoms with Crippen LogP contribution in [0.25, 0.3) is 0 Å². The van der Waals surface area contributed by atoms with Gasteiger partial charge in [0.15, 0.2) is 0 Å². The number of hydrogen-bond donors (Lipinski definition) is 1. The monoisotopic (exact) mass is 240 g/mol. The minimum Gasteiger partial charge on any atom is -0.383 e. The van der Waals surface area contributed by atoms with Crippen molar-refractivity contribution in [1.82, 2.24) is 4.90 Å². The summed E-state index contributed by atoms with van der Waals surface area (Å²) in [6.45, 7) is 5.42. The first-order chi connectivity index (χ1) is 8.14. The average molecular weight is 240 g/mol. The van der Waals surface area contributed by atoms with Crippen LogP contribution in [-0.4, -0.2) is 43.3 Å². The highest BCUT2D eigenvalue weighted by molar-refractivity contribution is 4.94. The van der Waals surface area contributed by atoms with Gasteiger partial charge in [0.2, 0.25) is 0 Å². The molecule has 1 atom stereocenters. The lowest BCUT2D eigenvalue weighted by atomic mass is 9.75. The maximum absolute atomic E-state index is 6.31. The van der Waals surface area contributed by atoms with E-state index in [1.165, 1.54) is 32.1 Å². The van der Waals surface area contributed by atoms with Crippen LogP contribution < -0.4 is 5.73 Å². The Morgan fingerprint density at radius 1 is 1.35 bits per heavy atom. The lowest BCUT2D eigenvalue weighted by molar-refractivity contribution is 0.0998. The largest absolute Gasteiger partial charge is 0.383 e. The van der Waals surface area contributed by atoms with Crippen LogP contribution in [0, 0.1) is 5.92 Å². The van der Waals surface area contributed by atoms with Gasteiger partial charge in [-0.15, -0.1) is 0 Å². The first kappa shape index (κ1) is 13.3. The van der Waals surface area contributed by atoms with E-state index in [2.05, 4.69) is 11.8 Å². The molecule has 0 heterocycles. The fourth-order valence-corrected chi connectivity index (χ4v) is 2.85. The second-order valence-electron chi connectivity index (χ2n) is 6.07. The molecule has 3 nitrogen and oxygen atoms in total. The van der Waals surface area contributed by atoms with Crippen molar-refractivity contribution in [2.24, 2.45) is 11.7 Å². The van der Waals surface area contributed by atoms with Gasteiger partial charge in [-0.25, -0.2) is 0 Å². The third-order valence-corrected chi connectivity index (χ3v) is 4.71. The molecule has 2 aliphatic rings. The van der Waals surface area contributed by atoms with Crippen LogP contribution in [0.15, 0.2) is 0 Å². The Kier molecular flexibility index (Phi) is 4.45. The number of methoxy groups -OCH3 is 1. The van der Waals surface area contributed by atoms with Gasteiger partial charge >= 0.3 is 0 Å². The Labute approximate surface area is 106 Å². The van der Waals surface area contributed by atoms with Gasteiger partial charge in [-0.3, -0.25) is 4.90 Å². The predicted octanol–water partition coefficient (Wildman–Crippen LogP) is 2.00. The van der Waals surface area contributed by atoms with Crippen LogP contribution in [0.4, 0.5) is 0 Å². The molecule has 0 aliphatic heterocycles. The van der Waals surface area contributed by atoms with Crippen LogP contribution in [0.2, 0.25) is 0 Å². The van der Waals surface area contributed by atoms with Gasteiger partial charge in [0.05, 0.1) is 6.61 Å². The molecular weight excluding hydrogens is 212 g/mol. The Hall–Kier alpha value is -0.120. The smallest absolute Gasteiger partial charge is 0.0589 e. The van der Waals surface area contributed by atoms with Crippen molar-refractivity contribution in [2.75, 3.05) is 26.8 Å². The summed E-state index contributed by atoms with van der Waals surface area (Å²) in [6.07, 6.45) is 7.77. The van der Waals surface area contributed by atoms with Crippen molar-refractivity contribution >= 4 is 0 Å². The average Bonchev–Trinajstić information content (AvgIpc) is 3.10. The zero-order valence-electron chi connectivity index (χ0n) is 11.5. The van der Waals surface area contributed by atoms with Crippen molar-refractivity contribution in [2.45, 2.75) is 57.0 Å². The van der Waals surface area contributed by atoms with Gasteiger partial charge in [-0.2, -0.15) is 0 Å². The maximum Gasteiger partial charge on any atom is 0.0589 e. The van der Waals surface area contributed by atoms with E-state index in [9.17, 15) is 0 Å². The second kappa shape index (κ2) is 5.68. The highest BCUT2D eigenvalue weighted by Crippen LogP contribution is 2.36. The van der Waals surface area contributed by atoms with E-state index in [1.807, 2.05) is 0 Å². The van der Waals surface area contributed by atoms with Crippen LogP contribution >= 0.6 is 0 Å². The zero-order chi connectivity index (χ0) is 12.3. The Morgan fingerprint density at radius 2 is 2.06 bits per heavy atom. The standard InChI is InChI=1S/C14H28N2O/c1-12(13-4-5-13)16(10-11-17-2)9-8-14(15)6-3-7-14/h12-13H,3-11,15H2,1-2H3. The molecule has 2 saturated carbocycles. The molecule has 0 saturated heterocycles. The minimum absolute atomic E-state index is 0.161. The first-order valence-corrected chi connectivity index (χ1v) is 7.16. The summed E-state index contributed by atoms with van der Waals surface area (Å²) in [4.78, 5) is 2.59. The van der Waals surface area contributed by atoms with E-state index in [4.69, 9.17) is 10.5 Å². The normalized spacial score (nSPS) is 24.7. The fourth-order valence-electron chi connectivity index (χ4n) is 2.85. The van der Waals surface area contributed by atoms with Crippen LogP contribution in [0.5, 0.6) is 0 Å². The summed E-state index contributed by atoms with van der Waals surface area (Å²) in [5.74, 6) is 0.932. The highest BCUT2D eigenvalue weighted by Gasteiger charge is 2.35. The zero-order valence-corrected chi connectivity index (χ0v) is 11.5. The van der Waals surface area contributed by atoms with E-state index in [1.54, 1.807) is 7.11 Å². The third kappa shape index (κ3) is 3.67. The van der Waals surface area contributed by atoms with E-state index in [0.29, 0.717) is 6.04 Å². The molecule has 0 aromatic carbocycles. The number of rotatable bonds is 8. The summed E-state index contributed by atoms with van der Waals surface area (Å²) >= 11 is 0. The van der Waals surface area contributed by atoms with Crippen LogP contribution in [0.3, 0.4) is 0 Å². The summed E-state index contributed by atoms with van der Waals surface area (Å²) in [6, 6.07) is 0.717. The van der Waals surface area contributed by atoms with Crippen molar-refractivity contribution in [3.63, 3.8) is 0 Å². The molecule has 0 aromatic rings. The van der Waals surface area contributed by atoms with Gasteiger partial charge in [-0.05, 0) is 51.4 Å². The number of hydrogen-bond acceptors (Lipinski definition) is 3. The van der Waals surface area contributed by atoms with Gasteiger partial charge in [0.25, 0.3) is 0 Å². The molecule has 0 aromatic heterocycles. The van der Waals surface area contributed by atoms with Crippen LogP contribution in [0.1, 0.15) is 45.4 Å². The minimum atomic E-state index is 0.161. The van der Waals surface area contributed by atoms with Gasteiger partial charge in [0.1, 0.15) is 0 Å². The number of nitrogens with zero attached hydrogens (tertiary/aromatic N) is 1. The summed E-state index contributed by atoms with van der Waals surface area (Å²) in [5.41, 5.74) is 6.48. The van der Waals surface area contributed by atoms with Gasteiger partial charge in [0, 0.05) is 31.8 Å². The predicted molar refractivity (Wildman–Crippen MR) is 71.0 cm³/mol. The Morgan fingerprint density at radius 3 is 2.53 bits per heavy atom. The van der Waals surface area contributed by atoms with E-state index < -0.39 is 0 Å². The second-order valence-corrected chi connectivity index (χ2v) is 6.07. The molecular formula is C14H28N2O. The Bertz CT molecular complexity index is 236. The Balaban J connectivity index is 1.76. The van der Waals surface area contributed by atoms with Crippen molar-refractivity contribution < 1.29 is 4.74 Å². The molecule has 0 radical (unpaired) electrons.